The molecule has 0 bridgehead atoms. The van der Waals surface area contributed by atoms with Crippen molar-refractivity contribution in [3.05, 3.63) is 57.9 Å². The van der Waals surface area contributed by atoms with Crippen molar-refractivity contribution in [2.24, 2.45) is 0 Å². The van der Waals surface area contributed by atoms with Crippen LogP contribution in [0.1, 0.15) is 22.8 Å². The van der Waals surface area contributed by atoms with Gasteiger partial charge in [-0.25, -0.2) is 9.37 Å². The topological polar surface area (TPSA) is 54.5 Å². The molecule has 0 spiro atoms. The van der Waals surface area contributed by atoms with Crippen LogP contribution in [-0.2, 0) is 11.3 Å². The zero-order chi connectivity index (χ0) is 17.8. The molecule has 7 heteroatoms. The largest absolute Gasteiger partial charge is 0.375 e. The van der Waals surface area contributed by atoms with Gasteiger partial charge in [0.05, 0.1) is 18.3 Å². The number of halogens is 2. The first-order valence-electron chi connectivity index (χ1n) is 8.07. The fraction of sp³-hybridized carbons (Fsp3) is 0.333. The Kier molecular flexibility index (Phi) is 5.65. The van der Waals surface area contributed by atoms with E-state index in [4.69, 9.17) is 4.74 Å². The maximum atomic E-state index is 13.1. The minimum Gasteiger partial charge on any atom is -0.375 e. The van der Waals surface area contributed by atoms with Crippen LogP contribution in [0.25, 0.3) is 0 Å². The first-order valence-corrected chi connectivity index (χ1v) is 8.87. The van der Waals surface area contributed by atoms with E-state index in [0.29, 0.717) is 23.2 Å². The number of ether oxygens (including phenoxy) is 1. The molecule has 1 aromatic carbocycles. The minimum absolute atomic E-state index is 0.198. The van der Waals surface area contributed by atoms with E-state index in [1.165, 1.54) is 18.2 Å². The normalized spacial score (nSPS) is 17.4. The second kappa shape index (κ2) is 7.93. The minimum atomic E-state index is -0.388. The number of hydrogen-bond donors (Lipinski definition) is 1. The summed E-state index contributed by atoms with van der Waals surface area (Å²) in [4.78, 5) is 18.9. The molecule has 0 aliphatic carbocycles. The molecular formula is C18H19BrFN3O2. The Morgan fingerprint density at radius 1 is 1.44 bits per heavy atom. The number of nitrogens with one attached hydrogen (secondary N) is 1. The molecule has 1 amide bonds. The van der Waals surface area contributed by atoms with Crippen LogP contribution in [-0.4, -0.2) is 36.7 Å². The van der Waals surface area contributed by atoms with E-state index in [9.17, 15) is 9.18 Å². The number of hydrogen-bond acceptors (Lipinski definition) is 4. The van der Waals surface area contributed by atoms with E-state index >= 15 is 0 Å². The van der Waals surface area contributed by atoms with Gasteiger partial charge in [-0.05, 0) is 52.7 Å². The average molecular weight is 408 g/mol. The Balaban J connectivity index is 1.59. The number of morpholine rings is 1. The number of amides is 1. The summed E-state index contributed by atoms with van der Waals surface area (Å²) in [7, 11) is 0. The number of carbonyl (C=O) groups excluding carboxylic acids is 1. The zero-order valence-electron chi connectivity index (χ0n) is 13.8. The summed E-state index contributed by atoms with van der Waals surface area (Å²) in [5, 5.41) is 2.82. The van der Waals surface area contributed by atoms with Crippen molar-refractivity contribution >= 4 is 27.7 Å². The third-order valence-corrected chi connectivity index (χ3v) is 4.66. The zero-order valence-corrected chi connectivity index (χ0v) is 15.4. The molecule has 2 heterocycles. The van der Waals surface area contributed by atoms with E-state index in [1.54, 1.807) is 6.20 Å². The van der Waals surface area contributed by atoms with Gasteiger partial charge < -0.3 is 15.0 Å². The molecule has 5 nitrogen and oxygen atoms in total. The van der Waals surface area contributed by atoms with Crippen LogP contribution in [0.2, 0.25) is 0 Å². The van der Waals surface area contributed by atoms with Crippen molar-refractivity contribution in [1.29, 1.82) is 0 Å². The highest BCUT2D eigenvalue weighted by molar-refractivity contribution is 9.10. The molecule has 0 saturated carbocycles. The summed E-state index contributed by atoms with van der Waals surface area (Å²) in [5.74, 6) is 0.255. The van der Waals surface area contributed by atoms with E-state index < -0.39 is 0 Å². The molecule has 0 radical (unpaired) electrons. The van der Waals surface area contributed by atoms with E-state index in [2.05, 4.69) is 31.1 Å². The molecule has 1 fully saturated rings. The van der Waals surface area contributed by atoms with E-state index in [0.717, 1.165) is 24.5 Å². The summed E-state index contributed by atoms with van der Waals surface area (Å²) >= 11 is 3.20. The second-order valence-electron chi connectivity index (χ2n) is 5.96. The number of anilines is 1. The Bertz CT molecular complexity index is 754. The van der Waals surface area contributed by atoms with Crippen LogP contribution < -0.4 is 10.2 Å². The lowest BCUT2D eigenvalue weighted by atomic mass is 10.2. The molecule has 132 valence electrons. The molecule has 1 N–H and O–H groups in total. The fourth-order valence-electron chi connectivity index (χ4n) is 2.69. The van der Waals surface area contributed by atoms with Crippen LogP contribution in [0.15, 0.2) is 41.0 Å². The lowest BCUT2D eigenvalue weighted by molar-refractivity contribution is 0.0529. The Morgan fingerprint density at radius 2 is 2.28 bits per heavy atom. The molecule has 25 heavy (non-hydrogen) atoms. The standard InChI is InChI=1S/C18H19BrFN3O2/c1-12-11-23(6-7-25-12)17-5-2-13(9-21-17)10-22-18(24)15-4-3-14(20)8-16(15)19/h2-5,8-9,12H,6-7,10-11H2,1H3,(H,22,24). The summed E-state index contributed by atoms with van der Waals surface area (Å²) in [6, 6.07) is 7.89. The lowest BCUT2D eigenvalue weighted by Crippen LogP contribution is -2.41. The van der Waals surface area contributed by atoms with Gasteiger partial charge >= 0.3 is 0 Å². The van der Waals surface area contributed by atoms with Gasteiger partial charge in [-0.1, -0.05) is 6.07 Å². The van der Waals surface area contributed by atoms with E-state index in [1.807, 2.05) is 19.1 Å². The number of benzene rings is 1. The van der Waals surface area contributed by atoms with Crippen LogP contribution in [0.3, 0.4) is 0 Å². The van der Waals surface area contributed by atoms with Gasteiger partial charge in [0, 0.05) is 30.3 Å². The van der Waals surface area contributed by atoms with Gasteiger partial charge in [-0.2, -0.15) is 0 Å². The van der Waals surface area contributed by atoms with E-state index in [-0.39, 0.29) is 17.8 Å². The van der Waals surface area contributed by atoms with Gasteiger partial charge in [0.2, 0.25) is 0 Å². The quantitative estimate of drug-likeness (QED) is 0.845. The van der Waals surface area contributed by atoms with Crippen molar-refractivity contribution in [1.82, 2.24) is 10.3 Å². The molecular weight excluding hydrogens is 389 g/mol. The first-order chi connectivity index (χ1) is 12.0. The number of aromatic nitrogens is 1. The molecule has 2 aromatic rings. The molecule has 1 atom stereocenters. The van der Waals surface area contributed by atoms with Crippen molar-refractivity contribution in [2.75, 3.05) is 24.6 Å². The van der Waals surface area contributed by atoms with Crippen molar-refractivity contribution in [3.8, 4) is 0 Å². The van der Waals surface area contributed by atoms with Crippen molar-refractivity contribution in [3.63, 3.8) is 0 Å². The molecule has 1 aliphatic heterocycles. The second-order valence-corrected chi connectivity index (χ2v) is 6.81. The molecule has 1 aliphatic rings. The number of carbonyl (C=O) groups is 1. The van der Waals surface area contributed by atoms with Gasteiger partial charge in [-0.3, -0.25) is 4.79 Å². The Labute approximate surface area is 154 Å². The van der Waals surface area contributed by atoms with Gasteiger partial charge in [0.25, 0.3) is 5.91 Å². The van der Waals surface area contributed by atoms with Gasteiger partial charge in [-0.15, -0.1) is 0 Å². The summed E-state index contributed by atoms with van der Waals surface area (Å²) in [6.07, 6.45) is 1.96. The summed E-state index contributed by atoms with van der Waals surface area (Å²) in [6.45, 7) is 4.75. The third kappa shape index (κ3) is 4.55. The highest BCUT2D eigenvalue weighted by atomic mass is 79.9. The summed E-state index contributed by atoms with van der Waals surface area (Å²) < 4.78 is 19.1. The number of rotatable bonds is 4. The monoisotopic (exact) mass is 407 g/mol. The number of nitrogens with zero attached hydrogens (tertiary/aromatic N) is 2. The molecule has 3 rings (SSSR count). The van der Waals surface area contributed by atoms with Crippen LogP contribution in [0.4, 0.5) is 10.2 Å². The Morgan fingerprint density at radius 3 is 2.96 bits per heavy atom. The fourth-order valence-corrected chi connectivity index (χ4v) is 3.22. The van der Waals surface area contributed by atoms with Crippen LogP contribution in [0.5, 0.6) is 0 Å². The highest BCUT2D eigenvalue weighted by Gasteiger charge is 2.17. The molecule has 1 saturated heterocycles. The molecule has 1 unspecified atom stereocenters. The first kappa shape index (κ1) is 17.8. The summed E-state index contributed by atoms with van der Waals surface area (Å²) in [5.41, 5.74) is 1.30. The maximum absolute atomic E-state index is 13.1. The lowest BCUT2D eigenvalue weighted by Gasteiger charge is -2.32. The third-order valence-electron chi connectivity index (χ3n) is 4.00. The van der Waals surface area contributed by atoms with Crippen LogP contribution in [0, 0.1) is 5.82 Å². The predicted molar refractivity (Wildman–Crippen MR) is 97.1 cm³/mol. The van der Waals surface area contributed by atoms with Crippen LogP contribution >= 0.6 is 15.9 Å². The highest BCUT2D eigenvalue weighted by Crippen LogP contribution is 2.18. The smallest absolute Gasteiger partial charge is 0.252 e. The Hall–Kier alpha value is -1.99. The van der Waals surface area contributed by atoms with Gasteiger partial charge in [0.15, 0.2) is 0 Å². The average Bonchev–Trinajstić information content (AvgIpc) is 2.60. The SMILES string of the molecule is CC1CN(c2ccc(CNC(=O)c3ccc(F)cc3Br)cn2)CCO1. The maximum Gasteiger partial charge on any atom is 0.252 e. The predicted octanol–water partition coefficient (Wildman–Crippen LogP) is 3.14. The van der Waals surface area contributed by atoms with Gasteiger partial charge in [0.1, 0.15) is 11.6 Å². The van der Waals surface area contributed by atoms with Crippen molar-refractivity contribution < 1.29 is 13.9 Å². The number of pyridine rings is 1. The van der Waals surface area contributed by atoms with Crippen molar-refractivity contribution in [2.45, 2.75) is 19.6 Å². The molecule has 1 aromatic heterocycles.